The molecule has 0 radical (unpaired) electrons. The minimum Gasteiger partial charge on any atom is -0.411 e. The standard InChI is InChI=1S/C5H8N2O3/c1-2-5(8)4(7-10)3-6-9/h3,9-10H,2H2,1H3/b6-3-,7-4+. The number of carbonyl (C=O) groups is 1. The predicted octanol–water partition coefficient (Wildman–Crippen LogP) is 0.256. The molecule has 0 saturated heterocycles. The monoisotopic (exact) mass is 144 g/mol. The molecule has 10 heavy (non-hydrogen) atoms. The maximum atomic E-state index is 10.6. The van der Waals surface area contributed by atoms with Crippen LogP contribution in [0.5, 0.6) is 0 Å². The summed E-state index contributed by atoms with van der Waals surface area (Å²) in [5.74, 6) is -0.375. The van der Waals surface area contributed by atoms with Gasteiger partial charge < -0.3 is 10.4 Å². The quantitative estimate of drug-likeness (QED) is 0.338. The third kappa shape index (κ3) is 2.25. The van der Waals surface area contributed by atoms with E-state index in [9.17, 15) is 4.79 Å². The number of oxime groups is 2. The van der Waals surface area contributed by atoms with E-state index < -0.39 is 0 Å². The van der Waals surface area contributed by atoms with Crippen LogP contribution in [0.25, 0.3) is 0 Å². The highest BCUT2D eigenvalue weighted by Crippen LogP contribution is 1.83. The minimum absolute atomic E-state index is 0.214. The van der Waals surface area contributed by atoms with Gasteiger partial charge in [0, 0.05) is 6.42 Å². The number of nitrogens with zero attached hydrogens (tertiary/aromatic N) is 2. The summed E-state index contributed by atoms with van der Waals surface area (Å²) in [7, 11) is 0. The van der Waals surface area contributed by atoms with Crippen molar-refractivity contribution < 1.29 is 15.2 Å². The first kappa shape index (κ1) is 8.61. The normalized spacial score (nSPS) is 12.3. The fourth-order valence-corrected chi connectivity index (χ4v) is 0.389. The molecule has 0 rings (SSSR count). The van der Waals surface area contributed by atoms with Gasteiger partial charge in [0.05, 0.1) is 6.21 Å². The van der Waals surface area contributed by atoms with Gasteiger partial charge in [-0.1, -0.05) is 17.2 Å². The van der Waals surface area contributed by atoms with Gasteiger partial charge in [0.25, 0.3) is 0 Å². The maximum Gasteiger partial charge on any atom is 0.186 e. The lowest BCUT2D eigenvalue weighted by molar-refractivity contribution is -0.112. The van der Waals surface area contributed by atoms with Crippen molar-refractivity contribution in [3.63, 3.8) is 0 Å². The zero-order chi connectivity index (χ0) is 7.98. The lowest BCUT2D eigenvalue weighted by Crippen LogP contribution is -2.13. The van der Waals surface area contributed by atoms with Gasteiger partial charge in [0.2, 0.25) is 0 Å². The Morgan fingerprint density at radius 3 is 2.50 bits per heavy atom. The fraction of sp³-hybridized carbons (Fsp3) is 0.400. The van der Waals surface area contributed by atoms with E-state index in [1.54, 1.807) is 6.92 Å². The van der Waals surface area contributed by atoms with Crippen LogP contribution in [-0.4, -0.2) is 28.1 Å². The second-order valence-electron chi connectivity index (χ2n) is 1.51. The van der Waals surface area contributed by atoms with E-state index in [-0.39, 0.29) is 17.9 Å². The molecule has 2 N–H and O–H groups in total. The van der Waals surface area contributed by atoms with Crippen LogP contribution in [0, 0.1) is 0 Å². The average Bonchev–Trinajstić information content (AvgIpc) is 1.99. The van der Waals surface area contributed by atoms with E-state index >= 15 is 0 Å². The molecule has 0 aromatic heterocycles. The van der Waals surface area contributed by atoms with E-state index in [2.05, 4.69) is 10.3 Å². The van der Waals surface area contributed by atoms with Crippen LogP contribution in [0.2, 0.25) is 0 Å². The average molecular weight is 144 g/mol. The molecule has 0 atom stereocenters. The van der Waals surface area contributed by atoms with Gasteiger partial charge in [0.15, 0.2) is 11.5 Å². The van der Waals surface area contributed by atoms with Crippen LogP contribution in [-0.2, 0) is 4.79 Å². The highest BCUT2D eigenvalue weighted by Gasteiger charge is 2.05. The molecule has 0 aromatic rings. The zero-order valence-electron chi connectivity index (χ0n) is 5.48. The summed E-state index contributed by atoms with van der Waals surface area (Å²) < 4.78 is 0. The van der Waals surface area contributed by atoms with Gasteiger partial charge in [0.1, 0.15) is 0 Å². The SMILES string of the molecule is CCC(=O)C(/C=N\O)=N/O. The molecule has 0 unspecified atom stereocenters. The second kappa shape index (κ2) is 4.49. The van der Waals surface area contributed by atoms with Crippen LogP contribution < -0.4 is 0 Å². The van der Waals surface area contributed by atoms with Gasteiger partial charge in [-0.2, -0.15) is 0 Å². The van der Waals surface area contributed by atoms with Crippen molar-refractivity contribution in [3.05, 3.63) is 0 Å². The summed E-state index contributed by atoms with van der Waals surface area (Å²) in [4.78, 5) is 10.6. The summed E-state index contributed by atoms with van der Waals surface area (Å²) >= 11 is 0. The molecule has 0 aromatic carbocycles. The Morgan fingerprint density at radius 1 is 1.60 bits per heavy atom. The summed E-state index contributed by atoms with van der Waals surface area (Å²) in [5.41, 5.74) is -0.245. The summed E-state index contributed by atoms with van der Waals surface area (Å²) in [6.45, 7) is 1.61. The van der Waals surface area contributed by atoms with E-state index in [4.69, 9.17) is 10.4 Å². The van der Waals surface area contributed by atoms with Gasteiger partial charge in [-0.15, -0.1) is 0 Å². The molecule has 0 aliphatic rings. The molecular formula is C5H8N2O3. The number of ketones is 1. The first-order chi connectivity index (χ1) is 4.76. The Balaban J connectivity index is 4.23. The molecule has 56 valence electrons. The zero-order valence-corrected chi connectivity index (χ0v) is 5.48. The van der Waals surface area contributed by atoms with Crippen molar-refractivity contribution in [1.29, 1.82) is 0 Å². The molecule has 0 heterocycles. The first-order valence-electron chi connectivity index (χ1n) is 2.69. The largest absolute Gasteiger partial charge is 0.411 e. The third-order valence-electron chi connectivity index (χ3n) is 0.895. The van der Waals surface area contributed by atoms with Crippen LogP contribution >= 0.6 is 0 Å². The summed E-state index contributed by atoms with van der Waals surface area (Å²) in [5, 5.41) is 21.2. The van der Waals surface area contributed by atoms with E-state index in [1.165, 1.54) is 0 Å². The fourth-order valence-electron chi connectivity index (χ4n) is 0.389. The summed E-state index contributed by atoms with van der Waals surface area (Å²) in [6, 6.07) is 0. The van der Waals surface area contributed by atoms with Crippen molar-refractivity contribution in [2.45, 2.75) is 13.3 Å². The smallest absolute Gasteiger partial charge is 0.186 e. The van der Waals surface area contributed by atoms with E-state index in [1.807, 2.05) is 0 Å². The van der Waals surface area contributed by atoms with Crippen molar-refractivity contribution in [3.8, 4) is 0 Å². The molecule has 0 amide bonds. The van der Waals surface area contributed by atoms with Crippen molar-refractivity contribution in [2.24, 2.45) is 10.3 Å². The number of hydrogen-bond donors (Lipinski definition) is 2. The highest BCUT2D eigenvalue weighted by atomic mass is 16.4. The Morgan fingerprint density at radius 2 is 2.20 bits per heavy atom. The van der Waals surface area contributed by atoms with Gasteiger partial charge in [-0.3, -0.25) is 4.79 Å². The lowest BCUT2D eigenvalue weighted by atomic mass is 10.2. The Bertz CT molecular complexity index is 174. The molecule has 0 fully saturated rings. The topological polar surface area (TPSA) is 82.2 Å². The van der Waals surface area contributed by atoms with Crippen molar-refractivity contribution in [1.82, 2.24) is 0 Å². The molecule has 0 aliphatic carbocycles. The van der Waals surface area contributed by atoms with E-state index in [0.29, 0.717) is 0 Å². The molecular weight excluding hydrogens is 136 g/mol. The highest BCUT2D eigenvalue weighted by molar-refractivity contribution is 6.61. The third-order valence-corrected chi connectivity index (χ3v) is 0.895. The molecule has 5 nitrogen and oxygen atoms in total. The number of carbonyl (C=O) groups excluding carboxylic acids is 1. The number of Topliss-reactive ketones (excluding diaryl/α,β-unsaturated/α-hetero) is 1. The molecule has 0 bridgehead atoms. The Labute approximate surface area is 57.6 Å². The van der Waals surface area contributed by atoms with Gasteiger partial charge in [-0.05, 0) is 0 Å². The lowest BCUT2D eigenvalue weighted by Gasteiger charge is -1.89. The Hall–Kier alpha value is -1.39. The number of hydrogen-bond acceptors (Lipinski definition) is 5. The second-order valence-corrected chi connectivity index (χ2v) is 1.51. The summed E-state index contributed by atoms with van der Waals surface area (Å²) in [6.07, 6.45) is 0.997. The van der Waals surface area contributed by atoms with Crippen LogP contribution in [0.1, 0.15) is 13.3 Å². The van der Waals surface area contributed by atoms with Crippen molar-refractivity contribution >= 4 is 17.7 Å². The Kier molecular flexibility index (Phi) is 3.86. The molecule has 0 saturated carbocycles. The maximum absolute atomic E-state index is 10.6. The molecule has 5 heteroatoms. The van der Waals surface area contributed by atoms with Gasteiger partial charge in [-0.25, -0.2) is 0 Å². The minimum atomic E-state index is -0.375. The predicted molar refractivity (Wildman–Crippen MR) is 34.8 cm³/mol. The molecule has 0 aliphatic heterocycles. The van der Waals surface area contributed by atoms with Crippen LogP contribution in [0.4, 0.5) is 0 Å². The molecule has 0 spiro atoms. The van der Waals surface area contributed by atoms with E-state index in [0.717, 1.165) is 6.21 Å². The first-order valence-corrected chi connectivity index (χ1v) is 2.69. The van der Waals surface area contributed by atoms with Crippen LogP contribution in [0.15, 0.2) is 10.3 Å². The van der Waals surface area contributed by atoms with Crippen molar-refractivity contribution in [2.75, 3.05) is 0 Å². The van der Waals surface area contributed by atoms with Gasteiger partial charge >= 0.3 is 0 Å². The van der Waals surface area contributed by atoms with Crippen LogP contribution in [0.3, 0.4) is 0 Å². The number of rotatable bonds is 3.